The monoisotopic (exact) mass is 611 g/mol. The molecule has 1 amide bonds. The van der Waals surface area contributed by atoms with Crippen molar-refractivity contribution in [1.29, 1.82) is 0 Å². The molecule has 9 nitrogen and oxygen atoms in total. The van der Waals surface area contributed by atoms with Gasteiger partial charge in [0.2, 0.25) is 11.7 Å². The first-order valence-electron chi connectivity index (χ1n) is 14.4. The first kappa shape index (κ1) is 28.3. The lowest BCUT2D eigenvalue weighted by molar-refractivity contribution is -0.127. The molecule has 44 heavy (non-hydrogen) atoms. The van der Waals surface area contributed by atoms with Gasteiger partial charge in [-0.15, -0.1) is 16.4 Å². The van der Waals surface area contributed by atoms with Crippen molar-refractivity contribution in [3.63, 3.8) is 0 Å². The number of amides is 1. The number of rotatable bonds is 8. The molecule has 11 heteroatoms. The van der Waals surface area contributed by atoms with E-state index in [1.54, 1.807) is 34.1 Å². The number of methoxy groups -OCH3 is 1. The average Bonchev–Trinajstić information content (AvgIpc) is 3.78. The minimum Gasteiger partial charge on any atom is -0.490 e. The smallest absolute Gasteiger partial charge is 0.246 e. The van der Waals surface area contributed by atoms with Crippen LogP contribution in [0.3, 0.4) is 0 Å². The fraction of sp³-hybridized carbons (Fsp3) is 0.273. The lowest BCUT2D eigenvalue weighted by Crippen LogP contribution is -2.37. The zero-order valence-electron chi connectivity index (χ0n) is 24.1. The number of thiophene rings is 1. The molecule has 4 heterocycles. The topological polar surface area (TPSA) is 103 Å². The molecule has 0 bridgehead atoms. The van der Waals surface area contributed by atoms with Gasteiger partial charge in [0, 0.05) is 46.5 Å². The number of halogens is 1. The zero-order chi connectivity index (χ0) is 30.4. The van der Waals surface area contributed by atoms with E-state index in [4.69, 9.17) is 24.5 Å². The molecule has 1 aliphatic heterocycles. The van der Waals surface area contributed by atoms with Crippen molar-refractivity contribution < 1.29 is 23.8 Å². The predicted molar refractivity (Wildman–Crippen MR) is 166 cm³/mol. The minimum absolute atomic E-state index is 0.162. The molecule has 0 fully saturated rings. The summed E-state index contributed by atoms with van der Waals surface area (Å²) in [6, 6.07) is 12.6. The first-order valence-corrected chi connectivity index (χ1v) is 15.3. The van der Waals surface area contributed by atoms with Gasteiger partial charge in [-0.05, 0) is 59.7 Å². The van der Waals surface area contributed by atoms with Crippen molar-refractivity contribution in [2.75, 3.05) is 26.9 Å². The van der Waals surface area contributed by atoms with E-state index in [9.17, 15) is 14.3 Å². The van der Waals surface area contributed by atoms with Crippen molar-refractivity contribution in [2.24, 2.45) is 0 Å². The highest BCUT2D eigenvalue weighted by Crippen LogP contribution is 2.46. The van der Waals surface area contributed by atoms with Crippen LogP contribution in [-0.2, 0) is 29.0 Å². The van der Waals surface area contributed by atoms with Gasteiger partial charge in [-0.25, -0.2) is 19.0 Å². The third-order valence-corrected chi connectivity index (χ3v) is 9.12. The van der Waals surface area contributed by atoms with Gasteiger partial charge in [0.25, 0.3) is 0 Å². The molecule has 1 N–H and O–H groups in total. The van der Waals surface area contributed by atoms with Crippen molar-refractivity contribution in [3.05, 3.63) is 83.3 Å². The van der Waals surface area contributed by atoms with E-state index in [1.165, 1.54) is 18.2 Å². The summed E-state index contributed by atoms with van der Waals surface area (Å²) in [4.78, 5) is 24.2. The van der Waals surface area contributed by atoms with E-state index < -0.39 is 11.9 Å². The maximum Gasteiger partial charge on any atom is 0.246 e. The second-order valence-corrected chi connectivity index (χ2v) is 11.8. The quantitative estimate of drug-likeness (QED) is 0.181. The molecule has 0 spiro atoms. The second kappa shape index (κ2) is 11.6. The number of aliphatic hydroxyl groups is 1. The number of nitrogens with zero attached hydrogens (tertiary/aromatic N) is 5. The highest BCUT2D eigenvalue weighted by atomic mass is 32.1. The van der Waals surface area contributed by atoms with Crippen LogP contribution in [0.5, 0.6) is 5.75 Å². The Morgan fingerprint density at radius 3 is 2.89 bits per heavy atom. The molecule has 1 atom stereocenters. The van der Waals surface area contributed by atoms with E-state index in [2.05, 4.69) is 12.6 Å². The van der Waals surface area contributed by atoms with E-state index in [1.807, 2.05) is 23.6 Å². The van der Waals surface area contributed by atoms with Crippen LogP contribution in [0.25, 0.3) is 44.0 Å². The van der Waals surface area contributed by atoms with Crippen molar-refractivity contribution in [1.82, 2.24) is 24.6 Å². The van der Waals surface area contributed by atoms with Gasteiger partial charge in [0.1, 0.15) is 29.7 Å². The average molecular weight is 612 g/mol. The molecular weight excluding hydrogens is 581 g/mol. The highest BCUT2D eigenvalue weighted by Gasteiger charge is 2.28. The Morgan fingerprint density at radius 1 is 1.16 bits per heavy atom. The number of fused-ring (bicyclic) bond motifs is 3. The summed E-state index contributed by atoms with van der Waals surface area (Å²) >= 11 is 1.55. The fourth-order valence-electron chi connectivity index (χ4n) is 5.99. The SMILES string of the molecule is C=CC(=O)N1CCn2nc(-c3nc(-c4ccc5c(c4)C(O)CC5)c4ccsc4c3-c3ccc(F)cc3OCCOC)nc2C1. The van der Waals surface area contributed by atoms with Crippen LogP contribution >= 0.6 is 11.3 Å². The van der Waals surface area contributed by atoms with Crippen molar-refractivity contribution in [3.8, 4) is 39.7 Å². The molecule has 5 aromatic rings. The Balaban J connectivity index is 1.45. The number of hydrogen-bond acceptors (Lipinski definition) is 8. The van der Waals surface area contributed by atoms with Gasteiger partial charge in [-0.3, -0.25) is 4.79 Å². The number of aromatic nitrogens is 4. The van der Waals surface area contributed by atoms with Gasteiger partial charge < -0.3 is 19.5 Å². The number of hydrogen-bond donors (Lipinski definition) is 1. The van der Waals surface area contributed by atoms with Crippen LogP contribution in [0.2, 0.25) is 0 Å². The van der Waals surface area contributed by atoms with Gasteiger partial charge >= 0.3 is 0 Å². The molecule has 1 aliphatic carbocycles. The predicted octanol–water partition coefficient (Wildman–Crippen LogP) is 5.56. The molecule has 0 radical (unpaired) electrons. The zero-order valence-corrected chi connectivity index (χ0v) is 24.9. The summed E-state index contributed by atoms with van der Waals surface area (Å²) < 4.78 is 28.5. The summed E-state index contributed by atoms with van der Waals surface area (Å²) in [6.07, 6.45) is 2.34. The Hall–Kier alpha value is -4.45. The number of ether oxygens (including phenoxy) is 2. The van der Waals surface area contributed by atoms with Crippen LogP contribution < -0.4 is 4.74 Å². The van der Waals surface area contributed by atoms with Gasteiger partial charge in [0.05, 0.1) is 31.5 Å². The Morgan fingerprint density at radius 2 is 2.05 bits per heavy atom. The maximum atomic E-state index is 14.5. The molecule has 0 saturated carbocycles. The molecule has 2 aliphatic rings. The molecule has 2 aromatic carbocycles. The number of carbonyl (C=O) groups is 1. The number of aryl methyl sites for hydroxylation is 1. The third-order valence-electron chi connectivity index (χ3n) is 8.19. The largest absolute Gasteiger partial charge is 0.490 e. The van der Waals surface area contributed by atoms with Gasteiger partial charge in [0.15, 0.2) is 0 Å². The third kappa shape index (κ3) is 4.96. The first-order chi connectivity index (χ1) is 21.4. The summed E-state index contributed by atoms with van der Waals surface area (Å²) in [7, 11) is 1.58. The van der Waals surface area contributed by atoms with Crippen LogP contribution in [-0.4, -0.2) is 62.5 Å². The van der Waals surface area contributed by atoms with Crippen molar-refractivity contribution >= 4 is 27.3 Å². The Kier molecular flexibility index (Phi) is 7.45. The van der Waals surface area contributed by atoms with Gasteiger partial charge in [-0.1, -0.05) is 18.7 Å². The van der Waals surface area contributed by atoms with Gasteiger partial charge in [-0.2, -0.15) is 0 Å². The van der Waals surface area contributed by atoms with E-state index in [0.29, 0.717) is 61.3 Å². The van der Waals surface area contributed by atoms with Crippen LogP contribution in [0.4, 0.5) is 4.39 Å². The lowest BCUT2D eigenvalue weighted by Gasteiger charge is -2.25. The molecule has 3 aromatic heterocycles. The summed E-state index contributed by atoms with van der Waals surface area (Å²) in [5.41, 5.74) is 5.59. The van der Waals surface area contributed by atoms with E-state index >= 15 is 0 Å². The van der Waals surface area contributed by atoms with E-state index in [-0.39, 0.29) is 12.5 Å². The van der Waals surface area contributed by atoms with Crippen molar-refractivity contribution in [2.45, 2.75) is 32.0 Å². The standard InChI is InChI=1S/C33H30FN5O4S/c1-3-28(41)38-11-12-39-27(18-38)35-33(37-39)31-29(22-8-7-21(34)17-26(22)43-14-13-42-2)32-23(10-15-44-32)30(36-31)20-5-4-19-6-9-25(40)24(19)16-20/h3-5,7-8,10,15-17,25,40H,1,6,9,11-14,18H2,2H3. The normalized spacial score (nSPS) is 15.8. The highest BCUT2D eigenvalue weighted by molar-refractivity contribution is 7.18. The minimum atomic E-state index is -0.504. The summed E-state index contributed by atoms with van der Waals surface area (Å²) in [5.74, 6) is 0.810. The molecule has 1 unspecified atom stereocenters. The van der Waals surface area contributed by atoms with Crippen LogP contribution in [0, 0.1) is 5.82 Å². The Labute approximate surface area is 257 Å². The molecule has 7 rings (SSSR count). The van der Waals surface area contributed by atoms with Crippen LogP contribution in [0.15, 0.2) is 60.5 Å². The number of pyridine rings is 1. The van der Waals surface area contributed by atoms with E-state index in [0.717, 1.165) is 44.5 Å². The lowest BCUT2D eigenvalue weighted by atomic mass is 9.96. The Bertz CT molecular complexity index is 1920. The van der Waals surface area contributed by atoms with Crippen LogP contribution in [0.1, 0.15) is 29.5 Å². The maximum absolute atomic E-state index is 14.5. The molecule has 224 valence electrons. The number of carbonyl (C=O) groups excluding carboxylic acids is 1. The summed E-state index contributed by atoms with van der Waals surface area (Å²) in [5, 5.41) is 18.4. The fourth-order valence-corrected chi connectivity index (χ4v) is 6.95. The second-order valence-electron chi connectivity index (χ2n) is 10.8. The molecule has 0 saturated heterocycles. The molecular formula is C33H30FN5O4S. The summed E-state index contributed by atoms with van der Waals surface area (Å²) in [6.45, 7) is 5.46. The number of aliphatic hydroxyl groups excluding tert-OH is 1. The number of benzene rings is 2.